The van der Waals surface area contributed by atoms with Crippen LogP contribution in [0.15, 0.2) is 58.9 Å². The molecule has 26 heavy (non-hydrogen) atoms. The average Bonchev–Trinajstić information content (AvgIpc) is 3.09. The number of nitro benzene ring substituents is 1. The molecule has 0 unspecified atom stereocenters. The normalized spacial score (nSPS) is 10.3. The Bertz CT molecular complexity index is 900. The van der Waals surface area contributed by atoms with Gasteiger partial charge < -0.3 is 10.6 Å². The van der Waals surface area contributed by atoms with Crippen LogP contribution in [0.25, 0.3) is 0 Å². The van der Waals surface area contributed by atoms with Crippen molar-refractivity contribution in [3.8, 4) is 0 Å². The minimum atomic E-state index is -0.488. The number of para-hydroxylation sites is 1. The highest BCUT2D eigenvalue weighted by molar-refractivity contribution is 8.01. The third-order valence-corrected chi connectivity index (χ3v) is 5.09. The van der Waals surface area contributed by atoms with Crippen molar-refractivity contribution in [3.63, 3.8) is 0 Å². The predicted molar refractivity (Wildman–Crippen MR) is 102 cm³/mol. The molecule has 0 spiro atoms. The molecular formula is C16H13N5O3S2. The van der Waals surface area contributed by atoms with Gasteiger partial charge in [0.25, 0.3) is 5.69 Å². The number of nitrogens with one attached hydrogen (secondary N) is 2. The summed E-state index contributed by atoms with van der Waals surface area (Å²) in [5.41, 5.74) is 1.39. The number of nitro groups is 1. The third kappa shape index (κ3) is 5.01. The number of aromatic nitrogens is 2. The SMILES string of the molecule is O=C(CSc1nnc(Nc2ccccc2)s1)Nc1ccc([N+](=O)[O-])cc1. The van der Waals surface area contributed by atoms with Crippen molar-refractivity contribution in [2.45, 2.75) is 4.34 Å². The number of carbonyl (C=O) groups is 1. The number of non-ortho nitro benzene ring substituents is 1. The van der Waals surface area contributed by atoms with Crippen molar-refractivity contribution in [2.75, 3.05) is 16.4 Å². The second kappa shape index (κ2) is 8.41. The van der Waals surface area contributed by atoms with E-state index in [0.717, 1.165) is 5.69 Å². The number of hydrogen-bond acceptors (Lipinski definition) is 8. The molecule has 3 aromatic rings. The van der Waals surface area contributed by atoms with E-state index in [0.29, 0.717) is 15.2 Å². The summed E-state index contributed by atoms with van der Waals surface area (Å²) < 4.78 is 0.669. The van der Waals surface area contributed by atoms with Gasteiger partial charge in [-0.15, -0.1) is 10.2 Å². The fourth-order valence-electron chi connectivity index (χ4n) is 1.95. The average molecular weight is 387 g/mol. The van der Waals surface area contributed by atoms with E-state index in [-0.39, 0.29) is 17.3 Å². The first-order valence-electron chi connectivity index (χ1n) is 7.43. The first-order valence-corrected chi connectivity index (χ1v) is 9.23. The zero-order valence-electron chi connectivity index (χ0n) is 13.3. The van der Waals surface area contributed by atoms with Gasteiger partial charge in [0.15, 0.2) is 4.34 Å². The van der Waals surface area contributed by atoms with Crippen LogP contribution in [0.4, 0.5) is 22.2 Å². The molecule has 3 rings (SSSR count). The molecule has 0 saturated heterocycles. The molecule has 0 aliphatic heterocycles. The van der Waals surface area contributed by atoms with Crippen molar-refractivity contribution in [1.29, 1.82) is 0 Å². The minimum absolute atomic E-state index is 0.0234. The number of benzene rings is 2. The molecule has 0 saturated carbocycles. The van der Waals surface area contributed by atoms with Gasteiger partial charge in [0.05, 0.1) is 10.7 Å². The third-order valence-electron chi connectivity index (χ3n) is 3.12. The largest absolute Gasteiger partial charge is 0.330 e. The molecule has 1 aromatic heterocycles. The van der Waals surface area contributed by atoms with E-state index >= 15 is 0 Å². The van der Waals surface area contributed by atoms with E-state index in [1.165, 1.54) is 47.4 Å². The van der Waals surface area contributed by atoms with E-state index < -0.39 is 4.92 Å². The number of thioether (sulfide) groups is 1. The molecule has 2 aromatic carbocycles. The summed E-state index contributed by atoms with van der Waals surface area (Å²) in [7, 11) is 0. The summed E-state index contributed by atoms with van der Waals surface area (Å²) in [6, 6.07) is 15.3. The number of anilines is 3. The highest BCUT2D eigenvalue weighted by atomic mass is 32.2. The summed E-state index contributed by atoms with van der Waals surface area (Å²) in [6.45, 7) is 0. The fraction of sp³-hybridized carbons (Fsp3) is 0.0625. The second-order valence-corrected chi connectivity index (χ2v) is 7.20. The number of hydrogen-bond donors (Lipinski definition) is 2. The van der Waals surface area contributed by atoms with Gasteiger partial charge in [-0.2, -0.15) is 0 Å². The van der Waals surface area contributed by atoms with Crippen molar-refractivity contribution in [2.24, 2.45) is 0 Å². The Kier molecular flexibility index (Phi) is 5.77. The Balaban J connectivity index is 1.49. The summed E-state index contributed by atoms with van der Waals surface area (Å²) >= 11 is 2.63. The first kappa shape index (κ1) is 17.8. The minimum Gasteiger partial charge on any atom is -0.330 e. The van der Waals surface area contributed by atoms with Gasteiger partial charge in [0, 0.05) is 23.5 Å². The maximum absolute atomic E-state index is 12.0. The van der Waals surface area contributed by atoms with Gasteiger partial charge in [0.2, 0.25) is 11.0 Å². The molecule has 0 aliphatic rings. The molecule has 2 N–H and O–H groups in total. The lowest BCUT2D eigenvalue weighted by Crippen LogP contribution is -2.13. The molecule has 1 heterocycles. The molecule has 0 fully saturated rings. The lowest BCUT2D eigenvalue weighted by molar-refractivity contribution is -0.384. The Hall–Kier alpha value is -2.98. The molecule has 8 nitrogen and oxygen atoms in total. The van der Waals surface area contributed by atoms with E-state index in [1.807, 2.05) is 30.3 Å². The topological polar surface area (TPSA) is 110 Å². The van der Waals surface area contributed by atoms with E-state index in [2.05, 4.69) is 20.8 Å². The molecule has 0 aliphatic carbocycles. The molecule has 1 amide bonds. The lowest BCUT2D eigenvalue weighted by Gasteiger charge is -2.03. The zero-order chi connectivity index (χ0) is 18.4. The highest BCUT2D eigenvalue weighted by Crippen LogP contribution is 2.27. The van der Waals surface area contributed by atoms with Crippen LogP contribution in [0.1, 0.15) is 0 Å². The Morgan fingerprint density at radius 2 is 1.81 bits per heavy atom. The van der Waals surface area contributed by atoms with Crippen molar-refractivity contribution in [1.82, 2.24) is 10.2 Å². The van der Waals surface area contributed by atoms with E-state index in [9.17, 15) is 14.9 Å². The molecule has 0 bridgehead atoms. The van der Waals surface area contributed by atoms with Crippen LogP contribution in [-0.4, -0.2) is 26.8 Å². The van der Waals surface area contributed by atoms with Crippen LogP contribution < -0.4 is 10.6 Å². The molecule has 0 radical (unpaired) electrons. The smallest absolute Gasteiger partial charge is 0.269 e. The van der Waals surface area contributed by atoms with E-state index in [4.69, 9.17) is 0 Å². The Morgan fingerprint density at radius 1 is 1.08 bits per heavy atom. The molecular weight excluding hydrogens is 374 g/mol. The number of rotatable bonds is 7. The number of carbonyl (C=O) groups excluding carboxylic acids is 1. The molecule has 0 atom stereocenters. The number of amides is 1. The second-order valence-electron chi connectivity index (χ2n) is 5.00. The van der Waals surface area contributed by atoms with Gasteiger partial charge in [-0.25, -0.2) is 0 Å². The Labute approximate surface area is 156 Å². The van der Waals surface area contributed by atoms with Crippen LogP contribution in [0, 0.1) is 10.1 Å². The van der Waals surface area contributed by atoms with Crippen LogP contribution in [0.2, 0.25) is 0 Å². The maximum Gasteiger partial charge on any atom is 0.269 e. The maximum atomic E-state index is 12.0. The van der Waals surface area contributed by atoms with Gasteiger partial charge in [-0.05, 0) is 24.3 Å². The monoisotopic (exact) mass is 387 g/mol. The van der Waals surface area contributed by atoms with Gasteiger partial charge >= 0.3 is 0 Å². The van der Waals surface area contributed by atoms with Crippen LogP contribution in [0.3, 0.4) is 0 Å². The zero-order valence-corrected chi connectivity index (χ0v) is 14.9. The predicted octanol–water partition coefficient (Wildman–Crippen LogP) is 3.92. The Morgan fingerprint density at radius 3 is 2.50 bits per heavy atom. The van der Waals surface area contributed by atoms with Crippen LogP contribution in [-0.2, 0) is 4.79 Å². The van der Waals surface area contributed by atoms with Crippen LogP contribution >= 0.6 is 23.1 Å². The summed E-state index contributed by atoms with van der Waals surface area (Å²) in [5.74, 6) is -0.0617. The summed E-state index contributed by atoms with van der Waals surface area (Å²) in [6.07, 6.45) is 0. The molecule has 10 heteroatoms. The lowest BCUT2D eigenvalue weighted by atomic mass is 10.3. The highest BCUT2D eigenvalue weighted by Gasteiger charge is 2.10. The fourth-order valence-corrected chi connectivity index (χ4v) is 3.53. The standard InChI is InChI=1S/C16H13N5O3S2/c22-14(17-12-6-8-13(9-7-12)21(23)24)10-25-16-20-19-15(26-16)18-11-4-2-1-3-5-11/h1-9H,10H2,(H,17,22)(H,18,19). The summed E-state index contributed by atoms with van der Waals surface area (Å²) in [5, 5.41) is 25.2. The first-order chi connectivity index (χ1) is 12.6. The van der Waals surface area contributed by atoms with Crippen LogP contribution in [0.5, 0.6) is 0 Å². The summed E-state index contributed by atoms with van der Waals surface area (Å²) in [4.78, 5) is 22.1. The van der Waals surface area contributed by atoms with Crippen molar-refractivity contribution in [3.05, 3.63) is 64.7 Å². The van der Waals surface area contributed by atoms with Crippen molar-refractivity contribution < 1.29 is 9.72 Å². The molecule has 132 valence electrons. The quantitative estimate of drug-likeness (QED) is 0.359. The van der Waals surface area contributed by atoms with Gasteiger partial charge in [0.1, 0.15) is 0 Å². The van der Waals surface area contributed by atoms with E-state index in [1.54, 1.807) is 0 Å². The number of nitrogens with zero attached hydrogens (tertiary/aromatic N) is 3. The van der Waals surface area contributed by atoms with Gasteiger partial charge in [-0.1, -0.05) is 41.3 Å². The van der Waals surface area contributed by atoms with Gasteiger partial charge in [-0.3, -0.25) is 14.9 Å². The van der Waals surface area contributed by atoms with Crippen molar-refractivity contribution >= 4 is 51.2 Å².